The molecule has 0 unspecified atom stereocenters. The zero-order valence-corrected chi connectivity index (χ0v) is 10.4. The average Bonchev–Trinajstić information content (AvgIpc) is 2.25. The minimum atomic E-state index is -4.47. The molecular formula is C10H9NaO6S2. The van der Waals surface area contributed by atoms with Gasteiger partial charge in [0.2, 0.25) is 0 Å². The van der Waals surface area contributed by atoms with Gasteiger partial charge in [0.1, 0.15) is 4.90 Å². The van der Waals surface area contributed by atoms with Crippen LogP contribution in [0.5, 0.6) is 0 Å². The first-order valence-corrected chi connectivity index (χ1v) is 7.55. The molecule has 0 spiro atoms. The van der Waals surface area contributed by atoms with E-state index < -0.39 is 30.0 Å². The van der Waals surface area contributed by atoms with E-state index in [4.69, 9.17) is 9.11 Å². The molecular weight excluding hydrogens is 303 g/mol. The molecule has 0 amide bonds. The third-order valence-corrected chi connectivity index (χ3v) is 4.15. The molecule has 98 valence electrons. The standard InChI is InChI=1S/C10H8O6S2.Na.H/c11-17(12,13)8-5-4-7-2-1-3-10(9(7)6-8)18(14,15)16;;/h1-6H,(H,11,12,13)(H,14,15,16);;. The van der Waals surface area contributed by atoms with Crippen molar-refractivity contribution >= 4 is 60.6 Å². The molecule has 9 heteroatoms. The van der Waals surface area contributed by atoms with Gasteiger partial charge in [0.05, 0.1) is 4.90 Å². The second-order valence-electron chi connectivity index (χ2n) is 3.59. The fourth-order valence-corrected chi connectivity index (χ4v) is 2.82. The van der Waals surface area contributed by atoms with Crippen LogP contribution in [0.4, 0.5) is 0 Å². The summed E-state index contributed by atoms with van der Waals surface area (Å²) in [5.41, 5.74) is 0. The van der Waals surface area contributed by atoms with Crippen molar-refractivity contribution in [1.29, 1.82) is 0 Å². The molecule has 0 saturated carbocycles. The van der Waals surface area contributed by atoms with Gasteiger partial charge in [0, 0.05) is 5.39 Å². The normalized spacial score (nSPS) is 12.1. The van der Waals surface area contributed by atoms with Crippen LogP contribution in [0.25, 0.3) is 10.8 Å². The second kappa shape index (κ2) is 5.49. The Morgan fingerprint density at radius 2 is 1.47 bits per heavy atom. The molecule has 2 aromatic rings. The van der Waals surface area contributed by atoms with Crippen molar-refractivity contribution in [1.82, 2.24) is 0 Å². The van der Waals surface area contributed by atoms with E-state index in [9.17, 15) is 16.8 Å². The third kappa shape index (κ3) is 3.54. The zero-order valence-electron chi connectivity index (χ0n) is 8.81. The quantitative estimate of drug-likeness (QED) is 0.623. The number of hydrogen-bond donors (Lipinski definition) is 2. The average molecular weight is 312 g/mol. The number of rotatable bonds is 2. The van der Waals surface area contributed by atoms with Gasteiger partial charge in [-0.1, -0.05) is 18.2 Å². The van der Waals surface area contributed by atoms with Crippen molar-refractivity contribution in [2.45, 2.75) is 9.79 Å². The van der Waals surface area contributed by atoms with Gasteiger partial charge in [-0.25, -0.2) is 0 Å². The molecule has 6 nitrogen and oxygen atoms in total. The van der Waals surface area contributed by atoms with Crippen LogP contribution < -0.4 is 0 Å². The van der Waals surface area contributed by atoms with E-state index in [2.05, 4.69) is 0 Å². The van der Waals surface area contributed by atoms with E-state index in [1.54, 1.807) is 6.07 Å². The van der Waals surface area contributed by atoms with Gasteiger partial charge in [-0.3, -0.25) is 9.11 Å². The van der Waals surface area contributed by atoms with Crippen LogP contribution in [0.2, 0.25) is 0 Å². The van der Waals surface area contributed by atoms with E-state index in [0.29, 0.717) is 5.39 Å². The van der Waals surface area contributed by atoms with Gasteiger partial charge in [0.15, 0.2) is 0 Å². The molecule has 2 rings (SSSR count). The summed E-state index contributed by atoms with van der Waals surface area (Å²) in [5.74, 6) is 0. The monoisotopic (exact) mass is 312 g/mol. The summed E-state index contributed by atoms with van der Waals surface area (Å²) < 4.78 is 62.2. The summed E-state index contributed by atoms with van der Waals surface area (Å²) >= 11 is 0. The topological polar surface area (TPSA) is 109 Å². The maximum absolute atomic E-state index is 11.2. The summed E-state index contributed by atoms with van der Waals surface area (Å²) in [5, 5.41) is 0.452. The van der Waals surface area contributed by atoms with Crippen LogP contribution in [-0.4, -0.2) is 55.5 Å². The predicted molar refractivity (Wildman–Crippen MR) is 70.7 cm³/mol. The van der Waals surface area contributed by atoms with Crippen LogP contribution in [0.3, 0.4) is 0 Å². The SMILES string of the molecule is O=S(=O)(O)c1ccc2cccc(S(=O)(=O)O)c2c1.[NaH]. The molecule has 0 aromatic heterocycles. The summed E-state index contributed by atoms with van der Waals surface area (Å²) in [6.45, 7) is 0. The Balaban J connectivity index is 0.00000180. The summed E-state index contributed by atoms with van der Waals surface area (Å²) in [6, 6.07) is 7.59. The Morgan fingerprint density at radius 3 is 2.00 bits per heavy atom. The number of hydrogen-bond acceptors (Lipinski definition) is 4. The maximum atomic E-state index is 11.2. The van der Waals surface area contributed by atoms with Crippen LogP contribution in [0.1, 0.15) is 0 Å². The van der Waals surface area contributed by atoms with Gasteiger partial charge in [0.25, 0.3) is 20.2 Å². The first kappa shape index (κ1) is 16.6. The molecule has 2 N–H and O–H groups in total. The predicted octanol–water partition coefficient (Wildman–Crippen LogP) is 0.685. The Morgan fingerprint density at radius 1 is 0.842 bits per heavy atom. The van der Waals surface area contributed by atoms with Gasteiger partial charge in [-0.15, -0.1) is 0 Å². The molecule has 0 saturated heterocycles. The van der Waals surface area contributed by atoms with Crippen LogP contribution >= 0.6 is 0 Å². The summed E-state index contributed by atoms with van der Waals surface area (Å²) in [7, 11) is -8.90. The fourth-order valence-electron chi connectivity index (χ4n) is 1.61. The molecule has 0 atom stereocenters. The first-order chi connectivity index (χ1) is 8.19. The van der Waals surface area contributed by atoms with Crippen LogP contribution in [0, 0.1) is 0 Å². The van der Waals surface area contributed by atoms with Crippen molar-refractivity contribution in [3.8, 4) is 0 Å². The van der Waals surface area contributed by atoms with E-state index in [1.807, 2.05) is 0 Å². The van der Waals surface area contributed by atoms with E-state index in [1.165, 1.54) is 12.1 Å². The van der Waals surface area contributed by atoms with Crippen LogP contribution in [-0.2, 0) is 20.2 Å². The van der Waals surface area contributed by atoms with Gasteiger partial charge >= 0.3 is 29.6 Å². The minimum absolute atomic E-state index is 0. The molecule has 0 bridgehead atoms. The van der Waals surface area contributed by atoms with E-state index >= 15 is 0 Å². The molecule has 2 aromatic carbocycles. The summed E-state index contributed by atoms with van der Waals surface area (Å²) in [4.78, 5) is -0.850. The molecule has 0 fully saturated rings. The Hall–Kier alpha value is -0.480. The Bertz CT molecular complexity index is 826. The van der Waals surface area contributed by atoms with Crippen LogP contribution in [0.15, 0.2) is 46.2 Å². The van der Waals surface area contributed by atoms with E-state index in [0.717, 1.165) is 18.2 Å². The van der Waals surface area contributed by atoms with Gasteiger partial charge < -0.3 is 0 Å². The van der Waals surface area contributed by atoms with Crippen molar-refractivity contribution in [3.05, 3.63) is 36.4 Å². The molecule has 0 radical (unpaired) electrons. The van der Waals surface area contributed by atoms with Crippen molar-refractivity contribution in [2.24, 2.45) is 0 Å². The summed E-state index contributed by atoms with van der Waals surface area (Å²) in [6.07, 6.45) is 0. The molecule has 0 aliphatic heterocycles. The Kier molecular flexibility index (Phi) is 4.79. The molecule has 19 heavy (non-hydrogen) atoms. The fraction of sp³-hybridized carbons (Fsp3) is 0. The molecule has 0 heterocycles. The third-order valence-electron chi connectivity index (χ3n) is 2.39. The van der Waals surface area contributed by atoms with E-state index in [-0.39, 0.29) is 34.9 Å². The second-order valence-corrected chi connectivity index (χ2v) is 6.40. The zero-order chi connectivity index (χ0) is 13.6. The van der Waals surface area contributed by atoms with Crippen molar-refractivity contribution < 1.29 is 25.9 Å². The molecule has 0 aliphatic rings. The Labute approximate surface area is 132 Å². The van der Waals surface area contributed by atoms with Crippen molar-refractivity contribution in [3.63, 3.8) is 0 Å². The van der Waals surface area contributed by atoms with Gasteiger partial charge in [-0.05, 0) is 23.6 Å². The van der Waals surface area contributed by atoms with Gasteiger partial charge in [-0.2, -0.15) is 16.8 Å². The number of benzene rings is 2. The molecule has 0 aliphatic carbocycles. The first-order valence-electron chi connectivity index (χ1n) is 4.67. The van der Waals surface area contributed by atoms with Crippen molar-refractivity contribution in [2.75, 3.05) is 0 Å². The number of fused-ring (bicyclic) bond motifs is 1.